The highest BCUT2D eigenvalue weighted by atomic mass is 19.2. The molecule has 0 aliphatic carbocycles. The number of anilines is 1. The van der Waals surface area contributed by atoms with Gasteiger partial charge in [0.1, 0.15) is 11.5 Å². The highest BCUT2D eigenvalue weighted by Gasteiger charge is 2.38. The molecular weight excluding hydrogens is 442 g/mol. The van der Waals surface area contributed by atoms with Crippen LogP contribution in [0.4, 0.5) is 14.6 Å². The van der Waals surface area contributed by atoms with Crippen LogP contribution in [-0.2, 0) is 14.9 Å². The van der Waals surface area contributed by atoms with Crippen LogP contribution in [0, 0.1) is 11.6 Å². The van der Waals surface area contributed by atoms with Gasteiger partial charge >= 0.3 is 5.97 Å². The van der Waals surface area contributed by atoms with Crippen LogP contribution in [0.3, 0.4) is 0 Å². The molecule has 4 rings (SSSR count). The van der Waals surface area contributed by atoms with Crippen LogP contribution in [0.25, 0.3) is 16.6 Å². The molecule has 7 nitrogen and oxygen atoms in total. The molecule has 0 saturated heterocycles. The average Bonchev–Trinajstić information content (AvgIpc) is 3.12. The maximum atomic E-state index is 13.8. The standard InChI is InChI=1S/C25H26F2N4O3/c1-6-34-24(33)16-12-31(23(32)14-7-9-17(26)18(27)11-14)13-25(2,3)20-15-8-10-19(30(4)5)28-22(15)29-21(16)20/h7-12H,6,13H2,1-5H3,(H,28,29). The van der Waals surface area contributed by atoms with Crippen molar-refractivity contribution in [1.82, 2.24) is 14.9 Å². The zero-order chi connectivity index (χ0) is 24.8. The third kappa shape index (κ3) is 4.02. The molecule has 0 spiro atoms. The molecule has 34 heavy (non-hydrogen) atoms. The molecule has 0 atom stereocenters. The van der Waals surface area contributed by atoms with Gasteiger partial charge in [0.05, 0.1) is 17.9 Å². The van der Waals surface area contributed by atoms with Gasteiger partial charge in [-0.25, -0.2) is 18.6 Å². The summed E-state index contributed by atoms with van der Waals surface area (Å²) in [5, 5.41) is 0.822. The van der Waals surface area contributed by atoms with E-state index in [1.165, 1.54) is 17.2 Å². The van der Waals surface area contributed by atoms with Crippen molar-refractivity contribution in [2.45, 2.75) is 26.2 Å². The number of halogens is 2. The molecule has 0 radical (unpaired) electrons. The molecule has 0 saturated carbocycles. The van der Waals surface area contributed by atoms with Gasteiger partial charge in [-0.1, -0.05) is 13.8 Å². The normalized spacial score (nSPS) is 14.9. The van der Waals surface area contributed by atoms with Gasteiger partial charge in [0.15, 0.2) is 11.6 Å². The third-order valence-electron chi connectivity index (χ3n) is 5.82. The molecule has 0 fully saturated rings. The van der Waals surface area contributed by atoms with Crippen molar-refractivity contribution in [2.24, 2.45) is 0 Å². The van der Waals surface area contributed by atoms with Gasteiger partial charge in [-0.15, -0.1) is 0 Å². The number of hydrogen-bond acceptors (Lipinski definition) is 5. The zero-order valence-electron chi connectivity index (χ0n) is 19.7. The Balaban J connectivity index is 1.90. The second-order valence-electron chi connectivity index (χ2n) is 9.04. The summed E-state index contributed by atoms with van der Waals surface area (Å²) in [6, 6.07) is 6.80. The quantitative estimate of drug-likeness (QED) is 0.580. The first kappa shape index (κ1) is 23.4. The molecule has 1 aliphatic heterocycles. The number of H-pyrrole nitrogens is 1. The van der Waals surface area contributed by atoms with Gasteiger partial charge in [-0.2, -0.15) is 0 Å². The highest BCUT2D eigenvalue weighted by molar-refractivity contribution is 6.18. The number of nitrogens with zero attached hydrogens (tertiary/aromatic N) is 3. The van der Waals surface area contributed by atoms with E-state index < -0.39 is 28.9 Å². The van der Waals surface area contributed by atoms with Gasteiger partial charge in [0.2, 0.25) is 0 Å². The number of carbonyl (C=O) groups excluding carboxylic acids is 2. The van der Waals surface area contributed by atoms with E-state index in [2.05, 4.69) is 9.97 Å². The number of aromatic nitrogens is 2. The lowest BCUT2D eigenvalue weighted by atomic mass is 9.82. The molecule has 178 valence electrons. The minimum atomic E-state index is -1.12. The first-order valence-electron chi connectivity index (χ1n) is 10.9. The number of hydrogen-bond donors (Lipinski definition) is 1. The average molecular weight is 469 g/mol. The number of pyridine rings is 1. The highest BCUT2D eigenvalue weighted by Crippen LogP contribution is 2.40. The Morgan fingerprint density at radius 2 is 1.91 bits per heavy atom. The van der Waals surface area contributed by atoms with Crippen molar-refractivity contribution >= 4 is 34.3 Å². The lowest BCUT2D eigenvalue weighted by Gasteiger charge is -2.29. The molecule has 9 heteroatoms. The van der Waals surface area contributed by atoms with E-state index in [4.69, 9.17) is 4.74 Å². The van der Waals surface area contributed by atoms with Crippen molar-refractivity contribution in [3.05, 3.63) is 65.0 Å². The summed E-state index contributed by atoms with van der Waals surface area (Å²) in [4.78, 5) is 37.4. The summed E-state index contributed by atoms with van der Waals surface area (Å²) in [5.74, 6) is -2.58. The molecule has 1 aliphatic rings. The Bertz CT molecular complexity index is 1330. The van der Waals surface area contributed by atoms with Crippen molar-refractivity contribution in [1.29, 1.82) is 0 Å². The predicted molar refractivity (Wildman–Crippen MR) is 125 cm³/mol. The summed E-state index contributed by atoms with van der Waals surface area (Å²) < 4.78 is 32.5. The number of benzene rings is 1. The fraction of sp³-hybridized carbons (Fsp3) is 0.320. The maximum absolute atomic E-state index is 13.8. The van der Waals surface area contributed by atoms with E-state index in [1.54, 1.807) is 6.92 Å². The van der Waals surface area contributed by atoms with Crippen molar-refractivity contribution in [3.8, 4) is 0 Å². The molecule has 3 aromatic rings. The van der Waals surface area contributed by atoms with E-state index >= 15 is 0 Å². The monoisotopic (exact) mass is 468 g/mol. The lowest BCUT2D eigenvalue weighted by Crippen LogP contribution is -2.37. The Labute approximate surface area is 196 Å². The number of ether oxygens (including phenoxy) is 1. The van der Waals surface area contributed by atoms with Crippen LogP contribution in [-0.4, -0.2) is 54.0 Å². The molecule has 1 amide bonds. The number of carbonyl (C=O) groups is 2. The molecule has 0 unspecified atom stereocenters. The third-order valence-corrected chi connectivity index (χ3v) is 5.82. The predicted octanol–water partition coefficient (Wildman–Crippen LogP) is 4.24. The number of nitrogens with one attached hydrogen (secondary N) is 1. The van der Waals surface area contributed by atoms with Gasteiger partial charge in [-0.3, -0.25) is 4.79 Å². The van der Waals surface area contributed by atoms with Crippen molar-refractivity contribution < 1.29 is 23.1 Å². The largest absolute Gasteiger partial charge is 0.462 e. The first-order valence-corrected chi connectivity index (χ1v) is 10.9. The number of amides is 1. The SMILES string of the molecule is CCOC(=O)C1=CN(C(=O)c2ccc(F)c(F)c2)CC(C)(C)c2c1[nH]c1nc(N(C)C)ccc21. The molecule has 2 aromatic heterocycles. The van der Waals surface area contributed by atoms with Gasteiger partial charge in [0, 0.05) is 43.2 Å². The summed E-state index contributed by atoms with van der Waals surface area (Å²) in [6.45, 7) is 5.93. The van der Waals surface area contributed by atoms with Crippen molar-refractivity contribution in [2.75, 3.05) is 32.1 Å². The molecule has 0 bridgehead atoms. The van der Waals surface area contributed by atoms with E-state index in [9.17, 15) is 18.4 Å². The number of esters is 1. The second-order valence-corrected chi connectivity index (χ2v) is 9.04. The molecular formula is C25H26F2N4O3. The second kappa shape index (κ2) is 8.55. The summed E-state index contributed by atoms with van der Waals surface area (Å²) in [5.41, 5.74) is 1.44. The topological polar surface area (TPSA) is 78.5 Å². The van der Waals surface area contributed by atoms with Gasteiger partial charge in [0.25, 0.3) is 5.91 Å². The van der Waals surface area contributed by atoms with Gasteiger partial charge in [-0.05, 0) is 42.8 Å². The smallest absolute Gasteiger partial charge is 0.341 e. The number of aromatic amines is 1. The Morgan fingerprint density at radius 1 is 1.18 bits per heavy atom. The fourth-order valence-corrected chi connectivity index (χ4v) is 4.28. The molecule has 3 heterocycles. The molecule has 1 aromatic carbocycles. The van der Waals surface area contributed by atoms with Crippen LogP contribution in [0.2, 0.25) is 0 Å². The van der Waals surface area contributed by atoms with Crippen LogP contribution in [0.5, 0.6) is 0 Å². The molecule has 1 N–H and O–H groups in total. The van der Waals surface area contributed by atoms with E-state index in [0.29, 0.717) is 11.3 Å². The summed E-state index contributed by atoms with van der Waals surface area (Å²) >= 11 is 0. The van der Waals surface area contributed by atoms with Crippen molar-refractivity contribution in [3.63, 3.8) is 0 Å². The minimum absolute atomic E-state index is 0.0260. The Morgan fingerprint density at radius 3 is 2.56 bits per heavy atom. The van der Waals surface area contributed by atoms with Crippen LogP contribution < -0.4 is 4.90 Å². The maximum Gasteiger partial charge on any atom is 0.341 e. The number of rotatable bonds is 4. The Kier molecular flexibility index (Phi) is 5.89. The number of fused-ring (bicyclic) bond motifs is 3. The summed E-state index contributed by atoms with van der Waals surface area (Å²) in [6.07, 6.45) is 1.41. The van der Waals surface area contributed by atoms with E-state index in [0.717, 1.165) is 28.9 Å². The minimum Gasteiger partial charge on any atom is -0.462 e. The first-order chi connectivity index (χ1) is 16.0. The van der Waals surface area contributed by atoms with Gasteiger partial charge < -0.3 is 19.5 Å². The van der Waals surface area contributed by atoms with Crippen LogP contribution >= 0.6 is 0 Å². The fourth-order valence-electron chi connectivity index (χ4n) is 4.28. The van der Waals surface area contributed by atoms with Crippen LogP contribution in [0.15, 0.2) is 36.5 Å². The Hall–Kier alpha value is -3.75. The van der Waals surface area contributed by atoms with Crippen LogP contribution in [0.1, 0.15) is 42.4 Å². The zero-order valence-corrected chi connectivity index (χ0v) is 19.7. The summed E-state index contributed by atoms with van der Waals surface area (Å²) in [7, 11) is 3.77. The van der Waals surface area contributed by atoms with E-state index in [1.807, 2.05) is 45.0 Å². The van der Waals surface area contributed by atoms with E-state index in [-0.39, 0.29) is 24.3 Å². The lowest BCUT2D eigenvalue weighted by molar-refractivity contribution is -0.136.